The summed E-state index contributed by atoms with van der Waals surface area (Å²) in [6.45, 7) is 3.16. The van der Waals surface area contributed by atoms with Crippen molar-refractivity contribution >= 4 is 56.9 Å². The fourth-order valence-corrected chi connectivity index (χ4v) is 5.17. The van der Waals surface area contributed by atoms with E-state index in [1.54, 1.807) is 18.9 Å². The molecular formula is C23H23ClN6O2S. The molecule has 170 valence electrons. The number of imidazole rings is 1. The largest absolute Gasteiger partial charge is 0.382 e. The van der Waals surface area contributed by atoms with E-state index in [0.717, 1.165) is 34.3 Å². The van der Waals surface area contributed by atoms with Crippen LogP contribution in [0, 0.1) is 6.92 Å². The van der Waals surface area contributed by atoms with Crippen molar-refractivity contribution in [3.8, 4) is 0 Å². The summed E-state index contributed by atoms with van der Waals surface area (Å²) in [5.74, 6) is 2.39. The monoisotopic (exact) mass is 482 g/mol. The molecule has 1 unspecified atom stereocenters. The van der Waals surface area contributed by atoms with Crippen molar-refractivity contribution in [3.63, 3.8) is 0 Å². The standard InChI is InChI=1S/C23H23ClN6O2S/c1-12-7-15-17(9-14(12)20(31)23-25-5-6-33-23)26-11-27-21(15)30-19(10-32-2)22-28-16-4-3-13(24)8-18(16)29-22/h3-4,7-9,11,19,23,25H,5-6,10H2,1-2H3,(H,28,29)(H,26,27,30)/t19-,23?/m1/s1. The van der Waals surface area contributed by atoms with Crippen molar-refractivity contribution in [1.82, 2.24) is 25.3 Å². The summed E-state index contributed by atoms with van der Waals surface area (Å²) in [6.07, 6.45) is 1.50. The SMILES string of the molecule is COC[C@@H](Nc1ncnc2cc(C(=O)C3NCCS3)c(C)cc12)c1nc2ccc(Cl)cc2[nH]1. The first-order valence-corrected chi connectivity index (χ1v) is 12.0. The van der Waals surface area contributed by atoms with Crippen LogP contribution in [0.15, 0.2) is 36.7 Å². The van der Waals surface area contributed by atoms with Crippen molar-refractivity contribution in [2.24, 2.45) is 0 Å². The molecule has 0 amide bonds. The normalized spacial score (nSPS) is 17.0. The van der Waals surface area contributed by atoms with Gasteiger partial charge in [-0.05, 0) is 42.8 Å². The minimum absolute atomic E-state index is 0.0863. The molecule has 3 heterocycles. The van der Waals surface area contributed by atoms with Crippen LogP contribution < -0.4 is 10.6 Å². The van der Waals surface area contributed by atoms with Crippen LogP contribution in [0.5, 0.6) is 0 Å². The van der Waals surface area contributed by atoms with Gasteiger partial charge in [0.15, 0.2) is 5.78 Å². The van der Waals surface area contributed by atoms with Gasteiger partial charge >= 0.3 is 0 Å². The van der Waals surface area contributed by atoms with Gasteiger partial charge in [0.2, 0.25) is 0 Å². The molecule has 0 saturated carbocycles. The van der Waals surface area contributed by atoms with E-state index in [1.165, 1.54) is 6.33 Å². The highest BCUT2D eigenvalue weighted by Gasteiger charge is 2.26. The number of carbonyl (C=O) groups excluding carboxylic acids is 1. The molecule has 0 aliphatic carbocycles. The number of fused-ring (bicyclic) bond motifs is 2. The number of thioether (sulfide) groups is 1. The second-order valence-electron chi connectivity index (χ2n) is 7.91. The number of hydrogen-bond acceptors (Lipinski definition) is 8. The average molecular weight is 483 g/mol. The van der Waals surface area contributed by atoms with Crippen LogP contribution >= 0.6 is 23.4 Å². The summed E-state index contributed by atoms with van der Waals surface area (Å²) < 4.78 is 5.45. The second-order valence-corrected chi connectivity index (χ2v) is 9.56. The Kier molecular flexibility index (Phi) is 6.20. The molecule has 1 fully saturated rings. The molecule has 1 aliphatic heterocycles. The Morgan fingerprint density at radius 2 is 2.18 bits per heavy atom. The molecule has 3 N–H and O–H groups in total. The van der Waals surface area contributed by atoms with Gasteiger partial charge in [0, 0.05) is 35.4 Å². The number of benzene rings is 2. The van der Waals surface area contributed by atoms with E-state index < -0.39 is 0 Å². The zero-order valence-corrected chi connectivity index (χ0v) is 19.8. The lowest BCUT2D eigenvalue weighted by Gasteiger charge is -2.18. The van der Waals surface area contributed by atoms with E-state index in [-0.39, 0.29) is 17.2 Å². The van der Waals surface area contributed by atoms with Gasteiger partial charge in [0.1, 0.15) is 29.4 Å². The maximum atomic E-state index is 13.0. The molecular weight excluding hydrogens is 460 g/mol. The summed E-state index contributed by atoms with van der Waals surface area (Å²) in [4.78, 5) is 29.9. The van der Waals surface area contributed by atoms with Gasteiger partial charge in [-0.1, -0.05) is 11.6 Å². The fraction of sp³-hybridized carbons (Fsp3) is 0.304. The number of Topliss-reactive ketones (excluding diaryl/α,β-unsaturated/α-hetero) is 1. The van der Waals surface area contributed by atoms with Gasteiger partial charge in [0.25, 0.3) is 0 Å². The fourth-order valence-electron chi connectivity index (χ4n) is 4.01. The van der Waals surface area contributed by atoms with Crippen LogP contribution in [-0.4, -0.2) is 57.1 Å². The van der Waals surface area contributed by atoms with Crippen LogP contribution in [-0.2, 0) is 4.74 Å². The highest BCUT2D eigenvalue weighted by molar-refractivity contribution is 8.00. The molecule has 0 radical (unpaired) electrons. The van der Waals surface area contributed by atoms with Crippen LogP contribution in [0.3, 0.4) is 0 Å². The van der Waals surface area contributed by atoms with Gasteiger partial charge in [0.05, 0.1) is 23.2 Å². The average Bonchev–Trinajstić information content (AvgIpc) is 3.48. The van der Waals surface area contributed by atoms with Crippen LogP contribution in [0.25, 0.3) is 21.9 Å². The highest BCUT2D eigenvalue weighted by Crippen LogP contribution is 2.29. The van der Waals surface area contributed by atoms with E-state index in [2.05, 4.69) is 25.6 Å². The zero-order chi connectivity index (χ0) is 22.9. The lowest BCUT2D eigenvalue weighted by atomic mass is 10.0. The van der Waals surface area contributed by atoms with Gasteiger partial charge < -0.3 is 15.0 Å². The number of aromatic amines is 1. The number of methoxy groups -OCH3 is 1. The predicted octanol–water partition coefficient (Wildman–Crippen LogP) is 4.11. The third kappa shape index (κ3) is 4.41. The summed E-state index contributed by atoms with van der Waals surface area (Å²) in [5.41, 5.74) is 3.95. The quantitative estimate of drug-likeness (QED) is 0.338. The molecule has 4 aromatic rings. The number of carbonyl (C=O) groups is 1. The number of ether oxygens (including phenoxy) is 1. The Bertz CT molecular complexity index is 1340. The first-order valence-electron chi connectivity index (χ1n) is 10.6. The number of aryl methyl sites for hydroxylation is 1. The number of anilines is 1. The third-order valence-electron chi connectivity index (χ3n) is 5.64. The first kappa shape index (κ1) is 22.1. The molecule has 33 heavy (non-hydrogen) atoms. The number of halogens is 1. The van der Waals surface area contributed by atoms with E-state index in [4.69, 9.17) is 21.3 Å². The summed E-state index contributed by atoms with van der Waals surface area (Å²) in [6, 6.07) is 9.08. The minimum Gasteiger partial charge on any atom is -0.382 e. The number of aromatic nitrogens is 4. The number of nitrogens with zero attached hydrogens (tertiary/aromatic N) is 3. The van der Waals surface area contributed by atoms with E-state index >= 15 is 0 Å². The molecule has 1 saturated heterocycles. The Hall–Kier alpha value is -2.72. The van der Waals surface area contributed by atoms with Crippen LogP contribution in [0.1, 0.15) is 27.8 Å². The van der Waals surface area contributed by atoms with Crippen LogP contribution in [0.4, 0.5) is 5.82 Å². The molecule has 5 rings (SSSR count). The molecule has 1 aliphatic rings. The Balaban J connectivity index is 1.49. The number of rotatable bonds is 7. The molecule has 8 nitrogen and oxygen atoms in total. The number of H-pyrrole nitrogens is 1. The van der Waals surface area contributed by atoms with Crippen molar-refractivity contribution in [2.45, 2.75) is 18.3 Å². The van der Waals surface area contributed by atoms with Gasteiger partial charge in [-0.15, -0.1) is 11.8 Å². The first-order chi connectivity index (χ1) is 16.0. The third-order valence-corrected chi connectivity index (χ3v) is 7.03. The number of ketones is 1. The molecule has 2 atom stereocenters. The lowest BCUT2D eigenvalue weighted by molar-refractivity contribution is 0.0981. The van der Waals surface area contributed by atoms with Gasteiger partial charge in [-0.3, -0.25) is 10.1 Å². The molecule has 2 aromatic carbocycles. The Morgan fingerprint density at radius 3 is 2.97 bits per heavy atom. The minimum atomic E-state index is -0.278. The smallest absolute Gasteiger partial charge is 0.190 e. The van der Waals surface area contributed by atoms with Crippen molar-refractivity contribution in [1.29, 1.82) is 0 Å². The lowest BCUT2D eigenvalue weighted by Crippen LogP contribution is -2.29. The van der Waals surface area contributed by atoms with Gasteiger partial charge in [-0.2, -0.15) is 0 Å². The summed E-state index contributed by atoms with van der Waals surface area (Å²) in [7, 11) is 1.64. The second kappa shape index (κ2) is 9.26. The number of hydrogen-bond donors (Lipinski definition) is 3. The van der Waals surface area contributed by atoms with E-state index in [9.17, 15) is 4.79 Å². The summed E-state index contributed by atoms with van der Waals surface area (Å²) in [5, 5.41) is 7.96. The Morgan fingerprint density at radius 1 is 1.30 bits per heavy atom. The topological polar surface area (TPSA) is 105 Å². The van der Waals surface area contributed by atoms with E-state index in [1.807, 2.05) is 37.3 Å². The molecule has 0 bridgehead atoms. The number of nitrogens with one attached hydrogen (secondary N) is 3. The van der Waals surface area contributed by atoms with Gasteiger partial charge in [-0.25, -0.2) is 15.0 Å². The van der Waals surface area contributed by atoms with Crippen LogP contribution in [0.2, 0.25) is 5.02 Å². The van der Waals surface area contributed by atoms with Crippen molar-refractivity contribution < 1.29 is 9.53 Å². The predicted molar refractivity (Wildman–Crippen MR) is 132 cm³/mol. The summed E-state index contributed by atoms with van der Waals surface area (Å²) >= 11 is 7.76. The van der Waals surface area contributed by atoms with Crippen molar-refractivity contribution in [2.75, 3.05) is 31.3 Å². The maximum absolute atomic E-state index is 13.0. The zero-order valence-electron chi connectivity index (χ0n) is 18.2. The van der Waals surface area contributed by atoms with E-state index in [0.29, 0.717) is 34.4 Å². The van der Waals surface area contributed by atoms with Crippen molar-refractivity contribution in [3.05, 3.63) is 58.6 Å². The maximum Gasteiger partial charge on any atom is 0.190 e. The molecule has 0 spiro atoms. The highest BCUT2D eigenvalue weighted by atomic mass is 35.5. The molecule has 10 heteroatoms. The molecule has 2 aromatic heterocycles. The Labute approximate surface area is 199 Å².